The number of methoxy groups -OCH3 is 1. The lowest BCUT2D eigenvalue weighted by Crippen LogP contribution is -2.43. The number of ether oxygens (including phenoxy) is 1. The second-order valence-corrected chi connectivity index (χ2v) is 10.7. The van der Waals surface area contributed by atoms with Crippen molar-refractivity contribution in [3.05, 3.63) is 70.3 Å². The predicted molar refractivity (Wildman–Crippen MR) is 135 cm³/mol. The molecule has 2 aromatic carbocycles. The number of nitrogens with one attached hydrogen (secondary N) is 1. The van der Waals surface area contributed by atoms with Crippen LogP contribution in [0.15, 0.2) is 51.9 Å². The van der Waals surface area contributed by atoms with E-state index in [0.29, 0.717) is 29.3 Å². The number of aromatic nitrogens is 1. The lowest BCUT2D eigenvalue weighted by Gasteiger charge is -2.31. The molecule has 0 unspecified atom stereocenters. The van der Waals surface area contributed by atoms with Gasteiger partial charge < -0.3 is 14.6 Å². The SMILES string of the molecule is COc1ccc(Cl)cc1NC(=O)[C@H]1CCCN(S(=O)(=O)c2c(C)noc2/C=C/c2ccccc2F)C1. The van der Waals surface area contributed by atoms with Crippen molar-refractivity contribution in [1.82, 2.24) is 9.46 Å². The van der Waals surface area contributed by atoms with E-state index < -0.39 is 21.8 Å². The molecule has 0 aliphatic carbocycles. The highest BCUT2D eigenvalue weighted by atomic mass is 35.5. The highest BCUT2D eigenvalue weighted by molar-refractivity contribution is 7.89. The number of nitrogens with zero attached hydrogens (tertiary/aromatic N) is 2. The number of sulfonamides is 1. The first-order valence-electron chi connectivity index (χ1n) is 11.2. The van der Waals surface area contributed by atoms with E-state index in [2.05, 4.69) is 10.5 Å². The second-order valence-electron chi connectivity index (χ2n) is 8.35. The van der Waals surface area contributed by atoms with Gasteiger partial charge in [-0.05, 0) is 56.2 Å². The normalized spacial score (nSPS) is 16.8. The average molecular weight is 534 g/mol. The number of amides is 1. The Morgan fingerprint density at radius 2 is 2.06 bits per heavy atom. The van der Waals surface area contributed by atoms with Crippen molar-refractivity contribution in [2.45, 2.75) is 24.7 Å². The molecule has 1 N–H and O–H groups in total. The molecule has 2 heterocycles. The molecular formula is C25H25ClFN3O5S. The maximum Gasteiger partial charge on any atom is 0.248 e. The van der Waals surface area contributed by atoms with Crippen LogP contribution in [0.2, 0.25) is 5.02 Å². The van der Waals surface area contributed by atoms with Crippen LogP contribution in [-0.4, -0.2) is 44.0 Å². The van der Waals surface area contributed by atoms with E-state index in [-0.39, 0.29) is 40.9 Å². The molecule has 36 heavy (non-hydrogen) atoms. The molecule has 1 amide bonds. The Morgan fingerprint density at radius 3 is 2.81 bits per heavy atom. The molecule has 0 spiro atoms. The van der Waals surface area contributed by atoms with Crippen molar-refractivity contribution in [1.29, 1.82) is 0 Å². The van der Waals surface area contributed by atoms with Gasteiger partial charge in [-0.3, -0.25) is 4.79 Å². The number of anilines is 1. The van der Waals surface area contributed by atoms with Crippen molar-refractivity contribution in [3.8, 4) is 5.75 Å². The number of carbonyl (C=O) groups is 1. The molecule has 1 fully saturated rings. The molecule has 4 rings (SSSR count). The number of piperidine rings is 1. The predicted octanol–water partition coefficient (Wildman–Crippen LogP) is 4.99. The molecule has 1 atom stereocenters. The first-order chi connectivity index (χ1) is 17.2. The van der Waals surface area contributed by atoms with Gasteiger partial charge in [0.15, 0.2) is 10.7 Å². The molecule has 3 aromatic rings. The van der Waals surface area contributed by atoms with Crippen LogP contribution in [0.3, 0.4) is 0 Å². The zero-order valence-electron chi connectivity index (χ0n) is 19.7. The molecule has 1 aliphatic rings. The van der Waals surface area contributed by atoms with Crippen LogP contribution in [0.5, 0.6) is 5.75 Å². The molecule has 0 saturated carbocycles. The highest BCUT2D eigenvalue weighted by Gasteiger charge is 2.37. The summed E-state index contributed by atoms with van der Waals surface area (Å²) in [5, 5.41) is 7.04. The third-order valence-electron chi connectivity index (χ3n) is 5.92. The van der Waals surface area contributed by atoms with E-state index in [4.69, 9.17) is 20.9 Å². The van der Waals surface area contributed by atoms with Crippen LogP contribution < -0.4 is 10.1 Å². The van der Waals surface area contributed by atoms with Gasteiger partial charge in [0.2, 0.25) is 15.9 Å². The molecule has 1 aromatic heterocycles. The molecule has 190 valence electrons. The van der Waals surface area contributed by atoms with E-state index in [1.807, 2.05) is 0 Å². The van der Waals surface area contributed by atoms with Gasteiger partial charge in [0.25, 0.3) is 0 Å². The summed E-state index contributed by atoms with van der Waals surface area (Å²) in [5.74, 6) is -0.937. The quantitative estimate of drug-likeness (QED) is 0.459. The topological polar surface area (TPSA) is 102 Å². The Kier molecular flexibility index (Phi) is 7.77. The van der Waals surface area contributed by atoms with Gasteiger partial charge >= 0.3 is 0 Å². The standard InChI is InChI=1S/C25H25ClFN3O5S/c1-16-24(23(35-29-16)11-9-17-6-3-4-8-20(17)27)36(32,33)30-13-5-7-18(15-30)25(31)28-21-14-19(26)10-12-22(21)34-2/h3-4,6,8-12,14,18H,5,7,13,15H2,1-2H3,(H,28,31)/b11-9+/t18-/m0/s1. The first-order valence-corrected chi connectivity index (χ1v) is 13.1. The molecule has 8 nitrogen and oxygen atoms in total. The summed E-state index contributed by atoms with van der Waals surface area (Å²) < 4.78 is 53.0. The minimum Gasteiger partial charge on any atom is -0.495 e. The minimum absolute atomic E-state index is 0.00834. The van der Waals surface area contributed by atoms with Crippen molar-refractivity contribution < 1.29 is 26.9 Å². The summed E-state index contributed by atoms with van der Waals surface area (Å²) in [7, 11) is -2.57. The molecule has 1 saturated heterocycles. The summed E-state index contributed by atoms with van der Waals surface area (Å²) in [6.45, 7) is 1.75. The maximum atomic E-state index is 14.0. The third-order valence-corrected chi connectivity index (χ3v) is 8.18. The number of halogens is 2. The van der Waals surface area contributed by atoms with E-state index in [9.17, 15) is 17.6 Å². The van der Waals surface area contributed by atoms with Crippen LogP contribution in [0.1, 0.15) is 29.9 Å². The van der Waals surface area contributed by atoms with E-state index in [1.54, 1.807) is 36.4 Å². The fourth-order valence-electron chi connectivity index (χ4n) is 4.09. The Labute approximate surface area is 213 Å². The summed E-state index contributed by atoms with van der Waals surface area (Å²) in [5.41, 5.74) is 0.866. The number of carbonyl (C=O) groups excluding carboxylic acids is 1. The lowest BCUT2D eigenvalue weighted by molar-refractivity contribution is -0.120. The van der Waals surface area contributed by atoms with E-state index in [1.165, 1.54) is 36.6 Å². The van der Waals surface area contributed by atoms with Crippen LogP contribution >= 0.6 is 11.6 Å². The lowest BCUT2D eigenvalue weighted by atomic mass is 9.98. The fraction of sp³-hybridized carbons (Fsp3) is 0.280. The Morgan fingerprint density at radius 1 is 1.28 bits per heavy atom. The zero-order valence-corrected chi connectivity index (χ0v) is 21.3. The number of aryl methyl sites for hydroxylation is 1. The average Bonchev–Trinajstić information content (AvgIpc) is 3.24. The third kappa shape index (κ3) is 5.45. The zero-order chi connectivity index (χ0) is 25.9. The monoisotopic (exact) mass is 533 g/mol. The number of rotatable bonds is 7. The summed E-state index contributed by atoms with van der Waals surface area (Å²) >= 11 is 6.05. The Bertz CT molecular complexity index is 1410. The molecule has 0 bridgehead atoms. The summed E-state index contributed by atoms with van der Waals surface area (Å²) in [6.07, 6.45) is 3.82. The minimum atomic E-state index is -4.05. The van der Waals surface area contributed by atoms with Gasteiger partial charge in [0.05, 0.1) is 18.7 Å². The fourth-order valence-corrected chi connectivity index (χ4v) is 6.04. The van der Waals surface area contributed by atoms with Crippen LogP contribution in [-0.2, 0) is 14.8 Å². The van der Waals surface area contributed by atoms with Gasteiger partial charge in [-0.2, -0.15) is 4.31 Å². The van der Waals surface area contributed by atoms with Crippen LogP contribution in [0.4, 0.5) is 10.1 Å². The smallest absolute Gasteiger partial charge is 0.248 e. The summed E-state index contributed by atoms with van der Waals surface area (Å²) in [6, 6.07) is 11.0. The number of benzene rings is 2. The number of hydrogen-bond donors (Lipinski definition) is 1. The van der Waals surface area contributed by atoms with E-state index in [0.717, 1.165) is 0 Å². The molecular weight excluding hydrogens is 509 g/mol. The summed E-state index contributed by atoms with van der Waals surface area (Å²) in [4.78, 5) is 12.9. The molecule has 11 heteroatoms. The van der Waals surface area contributed by atoms with Crippen LogP contribution in [0.25, 0.3) is 12.2 Å². The van der Waals surface area contributed by atoms with Gasteiger partial charge in [0, 0.05) is 23.7 Å². The Balaban J connectivity index is 1.55. The van der Waals surface area contributed by atoms with Gasteiger partial charge in [-0.1, -0.05) is 35.0 Å². The van der Waals surface area contributed by atoms with Crippen molar-refractivity contribution in [2.24, 2.45) is 5.92 Å². The first kappa shape index (κ1) is 25.9. The van der Waals surface area contributed by atoms with Crippen molar-refractivity contribution in [2.75, 3.05) is 25.5 Å². The number of hydrogen-bond acceptors (Lipinski definition) is 6. The van der Waals surface area contributed by atoms with Crippen LogP contribution in [0, 0.1) is 18.7 Å². The second kappa shape index (κ2) is 10.8. The largest absolute Gasteiger partial charge is 0.495 e. The maximum absolute atomic E-state index is 14.0. The van der Waals surface area contributed by atoms with Gasteiger partial charge in [-0.25, -0.2) is 12.8 Å². The highest BCUT2D eigenvalue weighted by Crippen LogP contribution is 2.32. The molecule has 1 aliphatic heterocycles. The molecule has 0 radical (unpaired) electrons. The van der Waals surface area contributed by atoms with Gasteiger partial charge in [0.1, 0.15) is 17.3 Å². The van der Waals surface area contributed by atoms with Crippen molar-refractivity contribution >= 4 is 45.4 Å². The Hall–Kier alpha value is -3.21. The van der Waals surface area contributed by atoms with Crippen molar-refractivity contribution in [3.63, 3.8) is 0 Å². The van der Waals surface area contributed by atoms with Gasteiger partial charge in [-0.15, -0.1) is 0 Å². The van der Waals surface area contributed by atoms with E-state index >= 15 is 0 Å².